The van der Waals surface area contributed by atoms with Crippen LogP contribution in [0.1, 0.15) is 10.4 Å². The fourth-order valence-electron chi connectivity index (χ4n) is 2.26. The second kappa shape index (κ2) is 6.89. The normalized spacial score (nSPS) is 10.7. The number of halogens is 1. The quantitative estimate of drug-likeness (QED) is 0.554. The van der Waals surface area contributed by atoms with E-state index in [0.717, 1.165) is 4.47 Å². The zero-order valence-corrected chi connectivity index (χ0v) is 14.8. The largest absolute Gasteiger partial charge is 0.438 e. The first kappa shape index (κ1) is 16.2. The lowest BCUT2D eigenvalue weighted by atomic mass is 10.2. The van der Waals surface area contributed by atoms with Crippen LogP contribution in [0, 0.1) is 0 Å². The lowest BCUT2D eigenvalue weighted by Crippen LogP contribution is -2.12. The summed E-state index contributed by atoms with van der Waals surface area (Å²) in [5, 5.41) is 18.0. The van der Waals surface area contributed by atoms with E-state index in [0.29, 0.717) is 28.5 Å². The first-order valence-electron chi connectivity index (χ1n) is 7.58. The first-order chi connectivity index (χ1) is 12.7. The van der Waals surface area contributed by atoms with Crippen molar-refractivity contribution < 1.29 is 9.53 Å². The number of fused-ring (bicyclic) bond motifs is 1. The highest BCUT2D eigenvalue weighted by Gasteiger charge is 2.09. The van der Waals surface area contributed by atoms with Gasteiger partial charge >= 0.3 is 0 Å². The molecule has 0 saturated carbocycles. The van der Waals surface area contributed by atoms with Crippen LogP contribution in [-0.4, -0.2) is 31.2 Å². The van der Waals surface area contributed by atoms with Gasteiger partial charge in [0.1, 0.15) is 5.75 Å². The number of anilines is 1. The van der Waals surface area contributed by atoms with Crippen LogP contribution in [0.5, 0.6) is 11.6 Å². The standard InChI is InChI=1S/C17H11BrN6O2/c18-14-4-2-1-3-13(14)17(25)19-11-5-7-12(8-6-11)26-16-10-9-15-20-22-23-24(15)21-16/h1-10H,(H,19,25). The molecule has 0 unspecified atom stereocenters. The fraction of sp³-hybridized carbons (Fsp3) is 0. The van der Waals surface area contributed by atoms with Crippen LogP contribution >= 0.6 is 15.9 Å². The zero-order chi connectivity index (χ0) is 17.9. The van der Waals surface area contributed by atoms with Gasteiger partial charge in [0.25, 0.3) is 5.91 Å². The molecule has 0 bridgehead atoms. The molecule has 0 spiro atoms. The molecule has 0 saturated heterocycles. The van der Waals surface area contributed by atoms with E-state index in [4.69, 9.17) is 4.74 Å². The summed E-state index contributed by atoms with van der Waals surface area (Å²) in [6.07, 6.45) is 0. The van der Waals surface area contributed by atoms with Crippen LogP contribution in [0.4, 0.5) is 5.69 Å². The molecule has 26 heavy (non-hydrogen) atoms. The molecule has 0 aliphatic heterocycles. The molecule has 4 rings (SSSR count). The van der Waals surface area contributed by atoms with E-state index in [1.54, 1.807) is 42.5 Å². The number of hydrogen-bond donors (Lipinski definition) is 1. The van der Waals surface area contributed by atoms with E-state index >= 15 is 0 Å². The molecule has 2 aromatic carbocycles. The second-order valence-corrected chi connectivity index (χ2v) is 6.11. The van der Waals surface area contributed by atoms with Crippen molar-refractivity contribution in [2.24, 2.45) is 0 Å². The molecule has 1 N–H and O–H groups in total. The predicted octanol–water partition coefficient (Wildman–Crippen LogP) is 3.33. The Bertz CT molecular complexity index is 1080. The summed E-state index contributed by atoms with van der Waals surface area (Å²) in [5.74, 6) is 0.732. The molecule has 0 atom stereocenters. The predicted molar refractivity (Wildman–Crippen MR) is 97.2 cm³/mol. The highest BCUT2D eigenvalue weighted by atomic mass is 79.9. The lowest BCUT2D eigenvalue weighted by molar-refractivity contribution is 0.102. The highest BCUT2D eigenvalue weighted by molar-refractivity contribution is 9.10. The third-order valence-electron chi connectivity index (χ3n) is 3.50. The van der Waals surface area contributed by atoms with Crippen molar-refractivity contribution in [3.63, 3.8) is 0 Å². The summed E-state index contributed by atoms with van der Waals surface area (Å²) < 4.78 is 7.69. The number of nitrogens with one attached hydrogen (secondary N) is 1. The van der Waals surface area contributed by atoms with Crippen molar-refractivity contribution in [3.8, 4) is 11.6 Å². The summed E-state index contributed by atoms with van der Waals surface area (Å²) in [6.45, 7) is 0. The van der Waals surface area contributed by atoms with Crippen molar-refractivity contribution in [1.29, 1.82) is 0 Å². The number of aromatic nitrogens is 5. The Hall–Kier alpha value is -3.33. The molecule has 0 radical (unpaired) electrons. The van der Waals surface area contributed by atoms with Gasteiger partial charge in [0, 0.05) is 16.2 Å². The second-order valence-electron chi connectivity index (χ2n) is 5.26. The fourth-order valence-corrected chi connectivity index (χ4v) is 2.72. The molecule has 0 fully saturated rings. The van der Waals surface area contributed by atoms with E-state index in [1.165, 1.54) is 4.63 Å². The summed E-state index contributed by atoms with van der Waals surface area (Å²) in [6, 6.07) is 17.6. The molecule has 0 aliphatic carbocycles. The minimum absolute atomic E-state index is 0.197. The monoisotopic (exact) mass is 410 g/mol. The van der Waals surface area contributed by atoms with Crippen molar-refractivity contribution in [2.75, 3.05) is 5.32 Å². The van der Waals surface area contributed by atoms with E-state index in [1.807, 2.05) is 18.2 Å². The van der Waals surface area contributed by atoms with Crippen molar-refractivity contribution in [1.82, 2.24) is 25.3 Å². The minimum Gasteiger partial charge on any atom is -0.438 e. The molecular weight excluding hydrogens is 400 g/mol. The zero-order valence-electron chi connectivity index (χ0n) is 13.2. The topological polar surface area (TPSA) is 94.3 Å². The highest BCUT2D eigenvalue weighted by Crippen LogP contribution is 2.22. The number of nitrogens with zero attached hydrogens (tertiary/aromatic N) is 5. The molecule has 2 heterocycles. The Balaban J connectivity index is 1.46. The van der Waals surface area contributed by atoms with E-state index in [9.17, 15) is 4.79 Å². The summed E-state index contributed by atoms with van der Waals surface area (Å²) in [7, 11) is 0. The minimum atomic E-state index is -0.197. The van der Waals surface area contributed by atoms with Gasteiger partial charge in [-0.05, 0) is 68.8 Å². The van der Waals surface area contributed by atoms with Crippen molar-refractivity contribution in [2.45, 2.75) is 0 Å². The van der Waals surface area contributed by atoms with Crippen molar-refractivity contribution in [3.05, 3.63) is 70.7 Å². The van der Waals surface area contributed by atoms with Gasteiger partial charge in [-0.2, -0.15) is 0 Å². The Morgan fingerprint density at radius 2 is 1.85 bits per heavy atom. The number of amides is 1. The van der Waals surface area contributed by atoms with Gasteiger partial charge in [0.15, 0.2) is 5.65 Å². The molecule has 9 heteroatoms. The maximum Gasteiger partial charge on any atom is 0.256 e. The maximum atomic E-state index is 12.3. The summed E-state index contributed by atoms with van der Waals surface area (Å²) in [5.41, 5.74) is 1.75. The van der Waals surface area contributed by atoms with Crippen molar-refractivity contribution >= 4 is 33.2 Å². The Kier molecular flexibility index (Phi) is 4.28. The van der Waals surface area contributed by atoms with Gasteiger partial charge in [-0.15, -0.1) is 14.8 Å². The summed E-state index contributed by atoms with van der Waals surface area (Å²) >= 11 is 3.37. The van der Waals surface area contributed by atoms with Crippen LogP contribution in [0.3, 0.4) is 0 Å². The average molecular weight is 411 g/mol. The van der Waals surface area contributed by atoms with Crippen LogP contribution in [0.15, 0.2) is 65.1 Å². The van der Waals surface area contributed by atoms with Gasteiger partial charge in [-0.3, -0.25) is 4.79 Å². The number of tetrazole rings is 1. The van der Waals surface area contributed by atoms with E-state index in [2.05, 4.69) is 41.9 Å². The van der Waals surface area contributed by atoms with Crippen LogP contribution < -0.4 is 10.1 Å². The maximum absolute atomic E-state index is 12.3. The van der Waals surface area contributed by atoms with Crippen LogP contribution in [-0.2, 0) is 0 Å². The van der Waals surface area contributed by atoms with Crippen LogP contribution in [0.25, 0.3) is 5.65 Å². The Morgan fingerprint density at radius 3 is 2.65 bits per heavy atom. The van der Waals surface area contributed by atoms with Gasteiger partial charge < -0.3 is 10.1 Å². The summed E-state index contributed by atoms with van der Waals surface area (Å²) in [4.78, 5) is 12.3. The van der Waals surface area contributed by atoms with E-state index < -0.39 is 0 Å². The van der Waals surface area contributed by atoms with Gasteiger partial charge in [-0.25, -0.2) is 0 Å². The Morgan fingerprint density at radius 1 is 1.04 bits per heavy atom. The molecule has 8 nitrogen and oxygen atoms in total. The molecule has 0 aliphatic rings. The number of rotatable bonds is 4. The first-order valence-corrected chi connectivity index (χ1v) is 8.37. The van der Waals surface area contributed by atoms with Gasteiger partial charge in [-0.1, -0.05) is 12.1 Å². The number of ether oxygens (including phenoxy) is 1. The van der Waals surface area contributed by atoms with Gasteiger partial charge in [0.2, 0.25) is 5.88 Å². The molecule has 1 amide bonds. The van der Waals surface area contributed by atoms with Gasteiger partial charge in [0.05, 0.1) is 5.56 Å². The smallest absolute Gasteiger partial charge is 0.256 e. The number of carbonyl (C=O) groups is 1. The number of benzene rings is 2. The van der Waals surface area contributed by atoms with E-state index in [-0.39, 0.29) is 5.91 Å². The average Bonchev–Trinajstić information content (AvgIpc) is 3.11. The molecule has 128 valence electrons. The Labute approximate surface area is 155 Å². The van der Waals surface area contributed by atoms with Crippen LogP contribution in [0.2, 0.25) is 0 Å². The number of carbonyl (C=O) groups excluding carboxylic acids is 1. The molecule has 2 aromatic heterocycles. The lowest BCUT2D eigenvalue weighted by Gasteiger charge is -2.08. The number of hydrogen-bond acceptors (Lipinski definition) is 6. The third kappa shape index (κ3) is 3.38. The molecular formula is C17H11BrN6O2. The SMILES string of the molecule is O=C(Nc1ccc(Oc2ccc3nnnn3n2)cc1)c1ccccc1Br. The molecule has 4 aromatic rings. The third-order valence-corrected chi connectivity index (χ3v) is 4.19.